The largest absolute Gasteiger partial charge is 0.494 e. The second-order valence-electron chi connectivity index (χ2n) is 5.07. The van der Waals surface area contributed by atoms with Crippen molar-refractivity contribution in [2.75, 3.05) is 6.61 Å². The number of hydrogen-bond acceptors (Lipinski definition) is 2. The highest BCUT2D eigenvalue weighted by atomic mass is 16.5. The molecule has 0 aliphatic heterocycles. The third kappa shape index (κ3) is 5.22. The van der Waals surface area contributed by atoms with Gasteiger partial charge in [0.05, 0.1) is 6.61 Å². The summed E-state index contributed by atoms with van der Waals surface area (Å²) in [4.78, 5) is 0. The van der Waals surface area contributed by atoms with Gasteiger partial charge in [0.15, 0.2) is 0 Å². The van der Waals surface area contributed by atoms with Crippen molar-refractivity contribution in [1.82, 2.24) is 0 Å². The first-order valence-electron chi connectivity index (χ1n) is 6.54. The van der Waals surface area contributed by atoms with E-state index in [2.05, 4.69) is 20.8 Å². The molecular weight excluding hydrogens is 210 g/mol. The Balaban J connectivity index is 2.23. The van der Waals surface area contributed by atoms with Gasteiger partial charge in [-0.2, -0.15) is 0 Å². The van der Waals surface area contributed by atoms with Crippen LogP contribution in [0, 0.1) is 11.8 Å². The zero-order valence-corrected chi connectivity index (χ0v) is 11.2. The summed E-state index contributed by atoms with van der Waals surface area (Å²) in [5.74, 6) is 2.19. The fraction of sp³-hybridized carbons (Fsp3) is 0.600. The zero-order valence-electron chi connectivity index (χ0n) is 11.2. The molecule has 0 aliphatic rings. The van der Waals surface area contributed by atoms with Crippen LogP contribution < -0.4 is 10.5 Å². The van der Waals surface area contributed by atoms with E-state index in [9.17, 15) is 0 Å². The van der Waals surface area contributed by atoms with E-state index < -0.39 is 0 Å². The predicted octanol–water partition coefficient (Wildman–Crippen LogP) is 3.47. The Labute approximate surface area is 105 Å². The molecule has 0 spiro atoms. The first-order valence-corrected chi connectivity index (χ1v) is 6.54. The summed E-state index contributed by atoms with van der Waals surface area (Å²) in [6.45, 7) is 7.36. The van der Waals surface area contributed by atoms with Crippen LogP contribution in [-0.4, -0.2) is 12.6 Å². The second-order valence-corrected chi connectivity index (χ2v) is 5.07. The molecule has 0 heterocycles. The van der Waals surface area contributed by atoms with Gasteiger partial charge in [-0.05, 0) is 43.7 Å². The van der Waals surface area contributed by atoms with Crippen molar-refractivity contribution >= 4 is 0 Å². The van der Waals surface area contributed by atoms with Crippen LogP contribution in [0.4, 0.5) is 0 Å². The molecule has 0 saturated heterocycles. The monoisotopic (exact) mass is 235 g/mol. The van der Waals surface area contributed by atoms with Crippen molar-refractivity contribution < 1.29 is 4.74 Å². The van der Waals surface area contributed by atoms with Crippen molar-refractivity contribution in [1.29, 1.82) is 0 Å². The van der Waals surface area contributed by atoms with Gasteiger partial charge in [0.25, 0.3) is 0 Å². The van der Waals surface area contributed by atoms with Crippen LogP contribution in [0.5, 0.6) is 5.75 Å². The Kier molecular flexibility index (Phi) is 6.06. The van der Waals surface area contributed by atoms with Gasteiger partial charge in [-0.15, -0.1) is 0 Å². The van der Waals surface area contributed by atoms with E-state index in [1.54, 1.807) is 0 Å². The average molecular weight is 235 g/mol. The molecule has 2 nitrogen and oxygen atoms in total. The Bertz CT molecular complexity index is 287. The molecule has 0 fully saturated rings. The van der Waals surface area contributed by atoms with Crippen LogP contribution >= 0.6 is 0 Å². The summed E-state index contributed by atoms with van der Waals surface area (Å²) in [6.07, 6.45) is 2.21. The smallest absolute Gasteiger partial charge is 0.119 e. The minimum Gasteiger partial charge on any atom is -0.494 e. The molecule has 2 N–H and O–H groups in total. The lowest BCUT2D eigenvalue weighted by atomic mass is 9.86. The summed E-state index contributed by atoms with van der Waals surface area (Å²) in [6, 6.07) is 10.2. The zero-order chi connectivity index (χ0) is 12.7. The van der Waals surface area contributed by atoms with E-state index >= 15 is 0 Å². The lowest BCUT2D eigenvalue weighted by molar-refractivity contribution is 0.255. The van der Waals surface area contributed by atoms with E-state index in [0.29, 0.717) is 11.8 Å². The van der Waals surface area contributed by atoms with Gasteiger partial charge in [0.2, 0.25) is 0 Å². The highest BCUT2D eigenvalue weighted by molar-refractivity contribution is 5.20. The maximum atomic E-state index is 5.99. The molecule has 2 unspecified atom stereocenters. The maximum Gasteiger partial charge on any atom is 0.119 e. The SMILES string of the molecule is CC(C)C(CCCOc1ccccc1)C(C)N. The summed E-state index contributed by atoms with van der Waals surface area (Å²) in [5.41, 5.74) is 5.99. The van der Waals surface area contributed by atoms with Gasteiger partial charge >= 0.3 is 0 Å². The molecule has 0 amide bonds. The minimum absolute atomic E-state index is 0.270. The van der Waals surface area contributed by atoms with E-state index in [4.69, 9.17) is 10.5 Å². The third-order valence-electron chi connectivity index (χ3n) is 3.23. The van der Waals surface area contributed by atoms with E-state index in [0.717, 1.165) is 25.2 Å². The molecule has 1 rings (SSSR count). The van der Waals surface area contributed by atoms with Crippen molar-refractivity contribution in [2.24, 2.45) is 17.6 Å². The van der Waals surface area contributed by atoms with Crippen molar-refractivity contribution in [2.45, 2.75) is 39.7 Å². The van der Waals surface area contributed by atoms with Crippen LogP contribution in [0.2, 0.25) is 0 Å². The fourth-order valence-electron chi connectivity index (χ4n) is 2.23. The van der Waals surface area contributed by atoms with Crippen LogP contribution in [0.3, 0.4) is 0 Å². The molecule has 96 valence electrons. The lowest BCUT2D eigenvalue weighted by Gasteiger charge is -2.24. The molecule has 1 aromatic rings. The van der Waals surface area contributed by atoms with E-state index in [-0.39, 0.29) is 6.04 Å². The molecule has 0 aromatic heterocycles. The number of para-hydroxylation sites is 1. The topological polar surface area (TPSA) is 35.2 Å². The van der Waals surface area contributed by atoms with Gasteiger partial charge < -0.3 is 10.5 Å². The molecule has 17 heavy (non-hydrogen) atoms. The van der Waals surface area contributed by atoms with Crippen molar-refractivity contribution in [3.63, 3.8) is 0 Å². The van der Waals surface area contributed by atoms with Gasteiger partial charge in [-0.3, -0.25) is 0 Å². The standard InChI is InChI=1S/C15H25NO/c1-12(2)15(13(3)16)10-7-11-17-14-8-5-4-6-9-14/h4-6,8-9,12-13,15H,7,10-11,16H2,1-3H3. The Morgan fingerprint density at radius 3 is 2.29 bits per heavy atom. The first kappa shape index (κ1) is 14.0. The number of benzene rings is 1. The minimum atomic E-state index is 0.270. The van der Waals surface area contributed by atoms with Crippen molar-refractivity contribution in [3.05, 3.63) is 30.3 Å². The number of nitrogens with two attached hydrogens (primary N) is 1. The summed E-state index contributed by atoms with van der Waals surface area (Å²) < 4.78 is 5.68. The second kappa shape index (κ2) is 7.33. The predicted molar refractivity (Wildman–Crippen MR) is 73.1 cm³/mol. The molecule has 0 radical (unpaired) electrons. The van der Waals surface area contributed by atoms with Gasteiger partial charge in [0.1, 0.15) is 5.75 Å². The van der Waals surface area contributed by atoms with Crippen molar-refractivity contribution in [3.8, 4) is 5.75 Å². The van der Waals surface area contributed by atoms with Crippen LogP contribution in [-0.2, 0) is 0 Å². The number of rotatable bonds is 7. The van der Waals surface area contributed by atoms with Gasteiger partial charge in [-0.25, -0.2) is 0 Å². The van der Waals surface area contributed by atoms with Crippen LogP contribution in [0.1, 0.15) is 33.6 Å². The third-order valence-corrected chi connectivity index (χ3v) is 3.23. The normalized spacial score (nSPS) is 14.6. The van der Waals surface area contributed by atoms with Gasteiger partial charge in [-0.1, -0.05) is 32.0 Å². The maximum absolute atomic E-state index is 5.99. The molecule has 0 bridgehead atoms. The molecule has 2 heteroatoms. The van der Waals surface area contributed by atoms with Crippen LogP contribution in [0.15, 0.2) is 30.3 Å². The summed E-state index contributed by atoms with van der Waals surface area (Å²) in [5, 5.41) is 0. The van der Waals surface area contributed by atoms with Gasteiger partial charge in [0, 0.05) is 6.04 Å². The number of hydrogen-bond donors (Lipinski definition) is 1. The van der Waals surface area contributed by atoms with E-state index in [1.807, 2.05) is 30.3 Å². The molecule has 0 saturated carbocycles. The molecule has 1 aromatic carbocycles. The molecule has 0 aliphatic carbocycles. The average Bonchev–Trinajstić information content (AvgIpc) is 2.29. The highest BCUT2D eigenvalue weighted by Gasteiger charge is 2.17. The quantitative estimate of drug-likeness (QED) is 0.734. The Morgan fingerprint density at radius 2 is 1.76 bits per heavy atom. The fourth-order valence-corrected chi connectivity index (χ4v) is 2.23. The Morgan fingerprint density at radius 1 is 1.12 bits per heavy atom. The van der Waals surface area contributed by atoms with Crippen LogP contribution in [0.25, 0.3) is 0 Å². The lowest BCUT2D eigenvalue weighted by Crippen LogP contribution is -2.30. The first-order chi connectivity index (χ1) is 8.11. The number of ether oxygens (including phenoxy) is 1. The molecule has 2 atom stereocenters. The summed E-state index contributed by atoms with van der Waals surface area (Å²) >= 11 is 0. The summed E-state index contributed by atoms with van der Waals surface area (Å²) in [7, 11) is 0. The Hall–Kier alpha value is -1.02. The molecular formula is C15H25NO. The highest BCUT2D eigenvalue weighted by Crippen LogP contribution is 2.20. The van der Waals surface area contributed by atoms with E-state index in [1.165, 1.54) is 0 Å².